The van der Waals surface area contributed by atoms with Gasteiger partial charge < -0.3 is 34.8 Å². The Hall–Kier alpha value is -3.65. The van der Waals surface area contributed by atoms with Crippen LogP contribution in [-0.4, -0.2) is 67.7 Å². The average molecular weight is 550 g/mol. The standard InChI is InChI=1S/C25H31N3O9S/c1-24(2,3)25(36-15-16(30)14-29)20(37-18-10-8-9-17(13-18)35-4)21(26-22(27-25)23(31)32)28-38(33,34)19-11-6-5-7-12-19/h5-13,16,28-30H,14-15H2,1-4H3,(H,26,27)(H,31,32). The number of nitrogens with zero attached hydrogens (tertiary/aromatic N) is 1. The van der Waals surface area contributed by atoms with E-state index < -0.39 is 52.3 Å². The minimum Gasteiger partial charge on any atom is -0.497 e. The predicted octanol–water partition coefficient (Wildman–Crippen LogP) is 1.42. The van der Waals surface area contributed by atoms with Crippen molar-refractivity contribution in [1.82, 2.24) is 10.0 Å². The van der Waals surface area contributed by atoms with Gasteiger partial charge in [0.1, 0.15) is 17.6 Å². The Labute approximate surface area is 220 Å². The number of rotatable bonds is 11. The molecule has 0 radical (unpaired) electrons. The highest BCUT2D eigenvalue weighted by atomic mass is 32.2. The lowest BCUT2D eigenvalue weighted by atomic mass is 9.80. The third kappa shape index (κ3) is 6.25. The summed E-state index contributed by atoms with van der Waals surface area (Å²) >= 11 is 0. The maximum atomic E-state index is 13.3. The molecule has 13 heteroatoms. The summed E-state index contributed by atoms with van der Waals surface area (Å²) in [5.74, 6) is -2.09. The minimum atomic E-state index is -4.25. The highest BCUT2D eigenvalue weighted by molar-refractivity contribution is 7.89. The molecule has 3 rings (SSSR count). The molecule has 0 amide bonds. The van der Waals surface area contributed by atoms with Crippen LogP contribution in [-0.2, 0) is 19.6 Å². The largest absolute Gasteiger partial charge is 0.497 e. The number of methoxy groups -OCH3 is 1. The third-order valence-electron chi connectivity index (χ3n) is 5.51. The Bertz CT molecular complexity index is 1320. The smallest absolute Gasteiger partial charge is 0.371 e. The van der Waals surface area contributed by atoms with Gasteiger partial charge in [0.05, 0.1) is 25.2 Å². The number of hydrogen-bond acceptors (Lipinski definition) is 10. The summed E-state index contributed by atoms with van der Waals surface area (Å²) in [7, 11) is -2.79. The van der Waals surface area contributed by atoms with E-state index in [4.69, 9.17) is 14.2 Å². The van der Waals surface area contributed by atoms with Gasteiger partial charge in [-0.2, -0.15) is 0 Å². The first-order chi connectivity index (χ1) is 17.8. The molecule has 0 saturated carbocycles. The number of amidine groups is 1. The number of carboxylic acid groups (broad SMARTS) is 1. The fourth-order valence-electron chi connectivity index (χ4n) is 3.54. The van der Waals surface area contributed by atoms with E-state index in [-0.39, 0.29) is 22.2 Å². The number of aliphatic imine (C=N–C) groups is 1. The first kappa shape index (κ1) is 28.9. The molecule has 0 aromatic heterocycles. The fourth-order valence-corrected chi connectivity index (χ4v) is 4.59. The second kappa shape index (κ2) is 11.4. The lowest BCUT2D eigenvalue weighted by molar-refractivity contribution is -0.136. The van der Waals surface area contributed by atoms with E-state index in [0.717, 1.165) is 0 Å². The van der Waals surface area contributed by atoms with Crippen molar-refractivity contribution in [2.45, 2.75) is 37.5 Å². The van der Waals surface area contributed by atoms with Gasteiger partial charge in [0, 0.05) is 11.5 Å². The number of aliphatic carboxylic acids is 1. The number of nitrogens with one attached hydrogen (secondary N) is 2. The van der Waals surface area contributed by atoms with Crippen LogP contribution in [0.5, 0.6) is 11.5 Å². The van der Waals surface area contributed by atoms with Crippen LogP contribution in [0.2, 0.25) is 0 Å². The molecule has 1 heterocycles. The van der Waals surface area contributed by atoms with E-state index in [1.54, 1.807) is 45.0 Å². The molecule has 2 aromatic carbocycles. The summed E-state index contributed by atoms with van der Waals surface area (Å²) < 4.78 is 46.4. The Kier molecular flexibility index (Phi) is 8.67. The van der Waals surface area contributed by atoms with Crippen LogP contribution in [0.15, 0.2) is 76.1 Å². The number of sulfonamides is 1. The van der Waals surface area contributed by atoms with Crippen molar-refractivity contribution >= 4 is 21.8 Å². The molecular weight excluding hydrogens is 518 g/mol. The van der Waals surface area contributed by atoms with Crippen LogP contribution in [0.25, 0.3) is 0 Å². The second-order valence-corrected chi connectivity index (χ2v) is 11.0. The van der Waals surface area contributed by atoms with Gasteiger partial charge in [-0.15, -0.1) is 0 Å². The highest BCUT2D eigenvalue weighted by Gasteiger charge is 2.54. The zero-order valence-electron chi connectivity index (χ0n) is 21.3. The van der Waals surface area contributed by atoms with Crippen molar-refractivity contribution in [3.63, 3.8) is 0 Å². The number of hydrogen-bond donors (Lipinski definition) is 5. The van der Waals surface area contributed by atoms with Crippen LogP contribution in [0.3, 0.4) is 0 Å². The SMILES string of the molecule is COc1cccc(OC2=C(NS(=O)(=O)c3ccccc3)NC(C(=O)O)=NC2(OCC(O)CO)C(C)(C)C)c1. The van der Waals surface area contributed by atoms with E-state index in [9.17, 15) is 28.5 Å². The van der Waals surface area contributed by atoms with Gasteiger partial charge in [-0.1, -0.05) is 45.0 Å². The van der Waals surface area contributed by atoms with E-state index in [2.05, 4.69) is 15.0 Å². The van der Waals surface area contributed by atoms with Crippen LogP contribution in [0, 0.1) is 5.41 Å². The molecule has 0 bridgehead atoms. The molecule has 2 aromatic rings. The van der Waals surface area contributed by atoms with Gasteiger partial charge in [0.25, 0.3) is 10.0 Å². The van der Waals surface area contributed by atoms with Crippen molar-refractivity contribution in [3.05, 3.63) is 66.2 Å². The first-order valence-corrected chi connectivity index (χ1v) is 13.0. The number of benzene rings is 2. The number of ether oxygens (including phenoxy) is 3. The maximum absolute atomic E-state index is 13.3. The van der Waals surface area contributed by atoms with Crippen LogP contribution < -0.4 is 19.5 Å². The van der Waals surface area contributed by atoms with Crippen LogP contribution in [0.4, 0.5) is 0 Å². The van der Waals surface area contributed by atoms with Crippen molar-refractivity contribution < 1.29 is 42.7 Å². The van der Waals surface area contributed by atoms with Gasteiger partial charge >= 0.3 is 5.97 Å². The molecule has 0 fully saturated rings. The summed E-state index contributed by atoms with van der Waals surface area (Å²) in [5.41, 5.74) is -3.07. The molecule has 12 nitrogen and oxygen atoms in total. The quantitative estimate of drug-likeness (QED) is 0.276. The number of aliphatic hydroxyl groups is 2. The zero-order valence-corrected chi connectivity index (χ0v) is 22.2. The van der Waals surface area contributed by atoms with Gasteiger partial charge in [0.2, 0.25) is 17.3 Å². The third-order valence-corrected chi connectivity index (χ3v) is 6.88. The van der Waals surface area contributed by atoms with Crippen LogP contribution >= 0.6 is 0 Å². The molecule has 0 spiro atoms. The summed E-state index contributed by atoms with van der Waals surface area (Å²) in [4.78, 5) is 16.3. The Morgan fingerprint density at radius 1 is 1.13 bits per heavy atom. The van der Waals surface area contributed by atoms with Crippen molar-refractivity contribution in [3.8, 4) is 11.5 Å². The second-order valence-electron chi connectivity index (χ2n) is 9.34. The van der Waals surface area contributed by atoms with E-state index in [1.165, 1.54) is 37.4 Å². The molecule has 2 atom stereocenters. The molecule has 1 aliphatic heterocycles. The summed E-state index contributed by atoms with van der Waals surface area (Å²) in [6.07, 6.45) is -1.34. The zero-order chi connectivity index (χ0) is 28.1. The van der Waals surface area contributed by atoms with E-state index in [0.29, 0.717) is 5.75 Å². The lowest BCUT2D eigenvalue weighted by Gasteiger charge is -2.44. The molecule has 38 heavy (non-hydrogen) atoms. The lowest BCUT2D eigenvalue weighted by Crippen LogP contribution is -2.57. The maximum Gasteiger partial charge on any atom is 0.371 e. The molecule has 0 saturated heterocycles. The summed E-state index contributed by atoms with van der Waals surface area (Å²) in [6.45, 7) is 3.89. The monoisotopic (exact) mass is 549 g/mol. The Balaban J connectivity index is 2.28. The molecule has 2 unspecified atom stereocenters. The predicted molar refractivity (Wildman–Crippen MR) is 137 cm³/mol. The Morgan fingerprint density at radius 2 is 1.79 bits per heavy atom. The minimum absolute atomic E-state index is 0.0904. The summed E-state index contributed by atoms with van der Waals surface area (Å²) in [6, 6.07) is 13.9. The Morgan fingerprint density at radius 3 is 2.37 bits per heavy atom. The highest BCUT2D eigenvalue weighted by Crippen LogP contribution is 2.44. The van der Waals surface area contributed by atoms with Crippen molar-refractivity contribution in [1.29, 1.82) is 0 Å². The van der Waals surface area contributed by atoms with E-state index in [1.807, 2.05) is 0 Å². The topological polar surface area (TPSA) is 176 Å². The normalized spacial score (nSPS) is 18.7. The van der Waals surface area contributed by atoms with Gasteiger partial charge in [-0.25, -0.2) is 18.2 Å². The fraction of sp³-hybridized carbons (Fsp3) is 0.360. The van der Waals surface area contributed by atoms with E-state index >= 15 is 0 Å². The molecule has 5 N–H and O–H groups in total. The molecule has 0 aliphatic carbocycles. The first-order valence-electron chi connectivity index (χ1n) is 11.5. The molecule has 206 valence electrons. The number of carbonyl (C=O) groups is 1. The van der Waals surface area contributed by atoms with Crippen LogP contribution in [0.1, 0.15) is 20.8 Å². The number of aliphatic hydroxyl groups excluding tert-OH is 2. The average Bonchev–Trinajstić information content (AvgIpc) is 2.88. The molecule has 1 aliphatic rings. The molecular formula is C25H31N3O9S. The van der Waals surface area contributed by atoms with Gasteiger partial charge in [0.15, 0.2) is 5.82 Å². The summed E-state index contributed by atoms with van der Waals surface area (Å²) in [5, 5.41) is 31.7. The van der Waals surface area contributed by atoms with Gasteiger partial charge in [-0.3, -0.25) is 4.72 Å². The van der Waals surface area contributed by atoms with Crippen molar-refractivity contribution in [2.75, 3.05) is 20.3 Å². The number of carboxylic acids is 1. The van der Waals surface area contributed by atoms with Crippen molar-refractivity contribution in [2.24, 2.45) is 10.4 Å². The van der Waals surface area contributed by atoms with Gasteiger partial charge in [-0.05, 0) is 24.3 Å².